The molecule has 0 aliphatic carbocycles. The van der Waals surface area contributed by atoms with E-state index in [4.69, 9.17) is 4.18 Å². The van der Waals surface area contributed by atoms with E-state index in [1.54, 1.807) is 6.20 Å². The first-order valence-electron chi connectivity index (χ1n) is 7.57. The molecule has 122 valence electrons. The maximum Gasteiger partial charge on any atom is 0.341 e. The molecule has 1 aromatic heterocycles. The Morgan fingerprint density at radius 1 is 1.22 bits per heavy atom. The van der Waals surface area contributed by atoms with Gasteiger partial charge in [0.2, 0.25) is 0 Å². The number of aromatic nitrogens is 1. The summed E-state index contributed by atoms with van der Waals surface area (Å²) in [6.45, 7) is 2.11. The third-order valence-corrected chi connectivity index (χ3v) is 4.75. The van der Waals surface area contributed by atoms with Gasteiger partial charge in [-0.3, -0.25) is 0 Å². The van der Waals surface area contributed by atoms with Crippen molar-refractivity contribution in [3.63, 3.8) is 0 Å². The van der Waals surface area contributed by atoms with Crippen LogP contribution in [0, 0.1) is 0 Å². The molecule has 0 saturated heterocycles. The Bertz CT molecular complexity index is 582. The average molecular weight is 348 g/mol. The van der Waals surface area contributed by atoms with Crippen LogP contribution in [0.2, 0.25) is 0 Å². The monoisotopic (exact) mass is 348 g/mol. The molecule has 23 heavy (non-hydrogen) atoms. The smallest absolute Gasteiger partial charge is 0.341 e. The fourth-order valence-corrected chi connectivity index (χ4v) is 3.27. The summed E-state index contributed by atoms with van der Waals surface area (Å²) in [5.41, 5.74) is 0.924. The van der Waals surface area contributed by atoms with E-state index in [0.717, 1.165) is 41.1 Å². The standard InChI is InChI=1S/C17H20N2O2S2/c1-2-3-11-15(19-14-9-5-4-6-10-14)17(20)21-23-22-16-12-7-8-13-18-16/h4-10,12-13,15,19H,2-3,11H2,1H3. The zero-order valence-corrected chi connectivity index (χ0v) is 14.6. The number of benzene rings is 1. The highest BCUT2D eigenvalue weighted by atomic mass is 33.1. The highest BCUT2D eigenvalue weighted by molar-refractivity contribution is 8.75. The van der Waals surface area contributed by atoms with Crippen LogP contribution in [0.3, 0.4) is 0 Å². The van der Waals surface area contributed by atoms with E-state index in [-0.39, 0.29) is 12.0 Å². The molecule has 4 nitrogen and oxygen atoms in total. The van der Waals surface area contributed by atoms with Gasteiger partial charge in [0.25, 0.3) is 0 Å². The maximum atomic E-state index is 12.3. The van der Waals surface area contributed by atoms with E-state index < -0.39 is 0 Å². The summed E-state index contributed by atoms with van der Waals surface area (Å²) in [7, 11) is 1.33. The lowest BCUT2D eigenvalue weighted by molar-refractivity contribution is -0.133. The summed E-state index contributed by atoms with van der Waals surface area (Å²) in [5, 5.41) is 4.06. The van der Waals surface area contributed by atoms with Crippen molar-refractivity contribution in [2.24, 2.45) is 0 Å². The van der Waals surface area contributed by atoms with Gasteiger partial charge in [0.15, 0.2) is 0 Å². The predicted molar refractivity (Wildman–Crippen MR) is 97.2 cm³/mol. The lowest BCUT2D eigenvalue weighted by atomic mass is 10.1. The van der Waals surface area contributed by atoms with Crippen molar-refractivity contribution >= 4 is 33.5 Å². The highest BCUT2D eigenvalue weighted by Crippen LogP contribution is 2.30. The number of para-hydroxylation sites is 1. The number of nitrogens with one attached hydrogen (secondary N) is 1. The number of carbonyl (C=O) groups is 1. The third-order valence-electron chi connectivity index (χ3n) is 3.12. The molecule has 0 fully saturated rings. The summed E-state index contributed by atoms with van der Waals surface area (Å²) < 4.78 is 5.32. The summed E-state index contributed by atoms with van der Waals surface area (Å²) >= 11 is 1.05. The van der Waals surface area contributed by atoms with Crippen molar-refractivity contribution in [3.05, 3.63) is 54.7 Å². The van der Waals surface area contributed by atoms with Crippen LogP contribution >= 0.6 is 21.9 Å². The normalized spacial score (nSPS) is 11.7. The molecule has 1 heterocycles. The maximum absolute atomic E-state index is 12.3. The lowest BCUT2D eigenvalue weighted by Crippen LogP contribution is -2.30. The van der Waals surface area contributed by atoms with Gasteiger partial charge in [-0.25, -0.2) is 9.78 Å². The molecule has 1 aromatic carbocycles. The number of anilines is 1. The second-order valence-electron chi connectivity index (χ2n) is 4.93. The van der Waals surface area contributed by atoms with Gasteiger partial charge in [-0.05, 0) is 30.7 Å². The van der Waals surface area contributed by atoms with Crippen molar-refractivity contribution in [3.8, 4) is 0 Å². The average Bonchev–Trinajstić information content (AvgIpc) is 2.60. The summed E-state index contributed by atoms with van der Waals surface area (Å²) in [6, 6.07) is 15.0. The van der Waals surface area contributed by atoms with E-state index in [2.05, 4.69) is 17.2 Å². The molecular formula is C17H20N2O2S2. The number of hydrogen-bond donors (Lipinski definition) is 1. The Balaban J connectivity index is 1.85. The number of carbonyl (C=O) groups excluding carboxylic acids is 1. The molecule has 0 aliphatic rings. The zero-order valence-electron chi connectivity index (χ0n) is 13.0. The van der Waals surface area contributed by atoms with Crippen LogP contribution in [0.15, 0.2) is 59.8 Å². The minimum absolute atomic E-state index is 0.254. The number of rotatable bonds is 9. The molecule has 6 heteroatoms. The number of pyridine rings is 1. The molecule has 2 aromatic rings. The van der Waals surface area contributed by atoms with Gasteiger partial charge in [-0.1, -0.05) is 44.0 Å². The molecule has 0 aliphatic heterocycles. The van der Waals surface area contributed by atoms with Crippen LogP contribution in [0.1, 0.15) is 26.2 Å². The molecule has 1 N–H and O–H groups in total. The Morgan fingerprint density at radius 3 is 2.70 bits per heavy atom. The first-order valence-corrected chi connectivity index (χ1v) is 9.64. The van der Waals surface area contributed by atoms with Crippen LogP contribution < -0.4 is 5.32 Å². The molecule has 1 atom stereocenters. The van der Waals surface area contributed by atoms with Gasteiger partial charge in [0.1, 0.15) is 22.1 Å². The highest BCUT2D eigenvalue weighted by Gasteiger charge is 2.20. The van der Waals surface area contributed by atoms with Gasteiger partial charge < -0.3 is 9.50 Å². The Labute approximate surface area is 145 Å². The van der Waals surface area contributed by atoms with Crippen LogP contribution in [0.5, 0.6) is 0 Å². The number of nitrogens with zero attached hydrogens (tertiary/aromatic N) is 1. The summed E-state index contributed by atoms with van der Waals surface area (Å²) in [5.74, 6) is -0.254. The number of hydrogen-bond acceptors (Lipinski definition) is 6. The minimum Gasteiger partial charge on any atom is -0.378 e. The first-order chi connectivity index (χ1) is 11.3. The van der Waals surface area contributed by atoms with Gasteiger partial charge >= 0.3 is 5.97 Å². The largest absolute Gasteiger partial charge is 0.378 e. The van der Waals surface area contributed by atoms with Crippen molar-refractivity contribution in [1.82, 2.24) is 4.98 Å². The molecule has 1 unspecified atom stereocenters. The van der Waals surface area contributed by atoms with Crippen LogP contribution in [-0.4, -0.2) is 17.0 Å². The van der Waals surface area contributed by atoms with Crippen molar-refractivity contribution in [1.29, 1.82) is 0 Å². The van der Waals surface area contributed by atoms with E-state index >= 15 is 0 Å². The Kier molecular flexibility index (Phi) is 7.83. The molecule has 2 rings (SSSR count). The SMILES string of the molecule is CCCCC(Nc1ccccc1)C(=O)OSSc1ccccn1. The third kappa shape index (κ3) is 6.54. The molecule has 0 amide bonds. The second kappa shape index (κ2) is 10.2. The minimum atomic E-state index is -0.339. The second-order valence-corrected chi connectivity index (χ2v) is 6.72. The molecule has 0 radical (unpaired) electrons. The summed E-state index contributed by atoms with van der Waals surface area (Å²) in [6.07, 6.45) is 4.47. The van der Waals surface area contributed by atoms with Crippen LogP contribution in [-0.2, 0) is 8.98 Å². The quantitative estimate of drug-likeness (QED) is 0.511. The first kappa shape index (κ1) is 17.7. The van der Waals surface area contributed by atoms with Crippen molar-refractivity contribution < 1.29 is 8.98 Å². The topological polar surface area (TPSA) is 51.2 Å². The molecule has 0 spiro atoms. The van der Waals surface area contributed by atoms with Crippen molar-refractivity contribution in [2.75, 3.05) is 5.32 Å². The number of unbranched alkanes of at least 4 members (excludes halogenated alkanes) is 1. The van der Waals surface area contributed by atoms with Crippen LogP contribution in [0.25, 0.3) is 0 Å². The van der Waals surface area contributed by atoms with Gasteiger partial charge in [-0.2, -0.15) is 0 Å². The Hall–Kier alpha value is -1.66. The Morgan fingerprint density at radius 2 is 2.00 bits per heavy atom. The molecule has 0 bridgehead atoms. The van der Waals surface area contributed by atoms with E-state index in [1.807, 2.05) is 48.5 Å². The van der Waals surface area contributed by atoms with E-state index in [0.29, 0.717) is 0 Å². The van der Waals surface area contributed by atoms with Crippen LogP contribution in [0.4, 0.5) is 5.69 Å². The van der Waals surface area contributed by atoms with Gasteiger partial charge in [0.05, 0.1) is 0 Å². The lowest BCUT2D eigenvalue weighted by Gasteiger charge is -2.17. The van der Waals surface area contributed by atoms with Gasteiger partial charge in [-0.15, -0.1) is 0 Å². The zero-order chi connectivity index (χ0) is 16.3. The van der Waals surface area contributed by atoms with Crippen molar-refractivity contribution in [2.45, 2.75) is 37.3 Å². The van der Waals surface area contributed by atoms with E-state index in [9.17, 15) is 4.79 Å². The summed E-state index contributed by atoms with van der Waals surface area (Å²) in [4.78, 5) is 16.5. The fraction of sp³-hybridized carbons (Fsp3) is 0.294. The van der Waals surface area contributed by atoms with E-state index in [1.165, 1.54) is 10.8 Å². The molecular weight excluding hydrogens is 328 g/mol. The predicted octanol–water partition coefficient (Wildman–Crippen LogP) is 4.95. The molecule has 0 saturated carbocycles. The van der Waals surface area contributed by atoms with Gasteiger partial charge in [0, 0.05) is 22.7 Å². The fourth-order valence-electron chi connectivity index (χ4n) is 1.93.